The van der Waals surface area contributed by atoms with Gasteiger partial charge in [0.2, 0.25) is 0 Å². The van der Waals surface area contributed by atoms with E-state index in [9.17, 15) is 13.8 Å². The van der Waals surface area contributed by atoms with Gasteiger partial charge in [-0.2, -0.15) is 0 Å². The Morgan fingerprint density at radius 3 is 2.65 bits per heavy atom. The van der Waals surface area contributed by atoms with Gasteiger partial charge in [-0.25, -0.2) is 14.6 Å². The molecule has 8 heteroatoms. The summed E-state index contributed by atoms with van der Waals surface area (Å²) in [6.07, 6.45) is 3.68. The van der Waals surface area contributed by atoms with E-state index in [0.717, 1.165) is 0 Å². The molecular formula is C12H17N3O4S. The van der Waals surface area contributed by atoms with Gasteiger partial charge in [-0.3, -0.25) is 4.21 Å². The normalized spacial score (nSPS) is 11.7. The van der Waals surface area contributed by atoms with E-state index in [2.05, 4.69) is 15.6 Å². The largest absolute Gasteiger partial charge is 0.477 e. The summed E-state index contributed by atoms with van der Waals surface area (Å²) in [6, 6.07) is 2.65. The average molecular weight is 299 g/mol. The van der Waals surface area contributed by atoms with Gasteiger partial charge in [0, 0.05) is 42.1 Å². The molecule has 1 aromatic heterocycles. The van der Waals surface area contributed by atoms with Crippen LogP contribution >= 0.6 is 0 Å². The molecule has 0 spiro atoms. The molecule has 0 fully saturated rings. The quantitative estimate of drug-likeness (QED) is 0.629. The third-order valence-corrected chi connectivity index (χ3v) is 3.25. The molecule has 3 N–H and O–H groups in total. The first-order valence-corrected chi connectivity index (χ1v) is 7.71. The first-order chi connectivity index (χ1) is 9.49. The van der Waals surface area contributed by atoms with Crippen molar-refractivity contribution in [3.05, 3.63) is 29.6 Å². The number of rotatable bonds is 7. The van der Waals surface area contributed by atoms with E-state index in [1.807, 2.05) is 0 Å². The van der Waals surface area contributed by atoms with E-state index in [1.54, 1.807) is 12.3 Å². The Morgan fingerprint density at radius 2 is 2.10 bits per heavy atom. The number of amides is 2. The van der Waals surface area contributed by atoms with Crippen LogP contribution in [0.25, 0.3) is 0 Å². The zero-order chi connectivity index (χ0) is 15.0. The number of nitrogens with one attached hydrogen (secondary N) is 2. The molecule has 0 aliphatic rings. The number of hydrogen-bond acceptors (Lipinski definition) is 4. The molecule has 7 nitrogen and oxygen atoms in total. The van der Waals surface area contributed by atoms with Crippen LogP contribution < -0.4 is 10.6 Å². The fraction of sp³-hybridized carbons (Fsp3) is 0.417. The van der Waals surface area contributed by atoms with E-state index in [-0.39, 0.29) is 18.3 Å². The smallest absolute Gasteiger partial charge is 0.354 e. The molecular weight excluding hydrogens is 282 g/mol. The second-order valence-electron chi connectivity index (χ2n) is 4.10. The summed E-state index contributed by atoms with van der Waals surface area (Å²) in [5.74, 6) is -0.531. The molecule has 2 amide bonds. The van der Waals surface area contributed by atoms with Crippen molar-refractivity contribution in [1.29, 1.82) is 0 Å². The van der Waals surface area contributed by atoms with Crippen molar-refractivity contribution in [3.8, 4) is 0 Å². The number of carboxylic acids is 1. The number of hydrogen-bond donors (Lipinski definition) is 3. The molecule has 0 radical (unpaired) electrons. The monoisotopic (exact) mass is 299 g/mol. The van der Waals surface area contributed by atoms with E-state index < -0.39 is 16.8 Å². The summed E-state index contributed by atoms with van der Waals surface area (Å²) in [7, 11) is -0.848. The summed E-state index contributed by atoms with van der Waals surface area (Å²) in [5, 5.41) is 14.0. The summed E-state index contributed by atoms with van der Waals surface area (Å²) >= 11 is 0. The molecule has 1 unspecified atom stereocenters. The number of aromatic nitrogens is 1. The molecule has 0 aliphatic carbocycles. The van der Waals surface area contributed by atoms with Gasteiger partial charge in [0.15, 0.2) is 0 Å². The van der Waals surface area contributed by atoms with Crippen molar-refractivity contribution in [2.45, 2.75) is 13.0 Å². The number of carboxylic acid groups (broad SMARTS) is 1. The van der Waals surface area contributed by atoms with Crippen molar-refractivity contribution < 1.29 is 18.9 Å². The van der Waals surface area contributed by atoms with Crippen LogP contribution in [0.5, 0.6) is 0 Å². The SMILES string of the molecule is CS(=O)CCCNC(=O)NCc1ccc(C(=O)O)nc1. The Bertz CT molecular complexity index is 490. The number of pyridine rings is 1. The van der Waals surface area contributed by atoms with Crippen molar-refractivity contribution in [2.75, 3.05) is 18.6 Å². The lowest BCUT2D eigenvalue weighted by Gasteiger charge is -2.07. The van der Waals surface area contributed by atoms with E-state index >= 15 is 0 Å². The Balaban J connectivity index is 2.26. The minimum atomic E-state index is -1.09. The molecule has 0 bridgehead atoms. The van der Waals surface area contributed by atoms with Gasteiger partial charge in [0.25, 0.3) is 0 Å². The lowest BCUT2D eigenvalue weighted by Crippen LogP contribution is -2.35. The van der Waals surface area contributed by atoms with Gasteiger partial charge in [0.05, 0.1) is 0 Å². The van der Waals surface area contributed by atoms with E-state index in [0.29, 0.717) is 24.3 Å². The molecule has 110 valence electrons. The second kappa shape index (κ2) is 8.26. The van der Waals surface area contributed by atoms with Crippen molar-refractivity contribution in [3.63, 3.8) is 0 Å². The molecule has 1 rings (SSSR count). The third kappa shape index (κ3) is 6.28. The molecule has 0 aromatic carbocycles. The van der Waals surface area contributed by atoms with Crippen LogP contribution in [0.3, 0.4) is 0 Å². The number of carbonyl (C=O) groups excluding carboxylic acids is 1. The maximum absolute atomic E-state index is 11.4. The van der Waals surface area contributed by atoms with E-state index in [4.69, 9.17) is 5.11 Å². The Hall–Kier alpha value is -1.96. The highest BCUT2D eigenvalue weighted by Crippen LogP contribution is 1.99. The lowest BCUT2D eigenvalue weighted by molar-refractivity contribution is 0.0690. The maximum Gasteiger partial charge on any atom is 0.354 e. The van der Waals surface area contributed by atoms with E-state index in [1.165, 1.54) is 12.3 Å². The number of aromatic carboxylic acids is 1. The van der Waals surface area contributed by atoms with Crippen LogP contribution in [0.1, 0.15) is 22.5 Å². The first kappa shape index (κ1) is 16.1. The second-order valence-corrected chi connectivity index (χ2v) is 5.65. The maximum atomic E-state index is 11.4. The van der Waals surface area contributed by atoms with Gasteiger partial charge in [0.1, 0.15) is 5.69 Å². The molecule has 1 aromatic rings. The minimum Gasteiger partial charge on any atom is -0.477 e. The zero-order valence-electron chi connectivity index (χ0n) is 11.1. The standard InChI is InChI=1S/C12H17N3O4S/c1-20(19)6-2-5-13-12(18)15-8-9-3-4-10(11(16)17)14-7-9/h3-4,7H,2,5-6,8H2,1H3,(H,16,17)(H2,13,15,18). The Morgan fingerprint density at radius 1 is 1.35 bits per heavy atom. The average Bonchev–Trinajstić information content (AvgIpc) is 2.41. The zero-order valence-corrected chi connectivity index (χ0v) is 11.9. The van der Waals surface area contributed by atoms with Crippen LogP contribution in [-0.4, -0.2) is 44.9 Å². The van der Waals surface area contributed by atoms with Crippen LogP contribution in [0.15, 0.2) is 18.3 Å². The predicted molar refractivity (Wildman–Crippen MR) is 75.0 cm³/mol. The van der Waals surface area contributed by atoms with Gasteiger partial charge < -0.3 is 15.7 Å². The third-order valence-electron chi connectivity index (χ3n) is 2.39. The van der Waals surface area contributed by atoms with Gasteiger partial charge in [-0.15, -0.1) is 0 Å². The minimum absolute atomic E-state index is 0.0363. The summed E-state index contributed by atoms with van der Waals surface area (Å²) < 4.78 is 10.8. The van der Waals surface area contributed by atoms with Crippen molar-refractivity contribution >= 4 is 22.8 Å². The van der Waals surface area contributed by atoms with Crippen LogP contribution in [0.4, 0.5) is 4.79 Å². The molecule has 0 saturated carbocycles. The van der Waals surface area contributed by atoms with Crippen LogP contribution in [0, 0.1) is 0 Å². The highest BCUT2D eigenvalue weighted by atomic mass is 32.2. The summed E-state index contributed by atoms with van der Waals surface area (Å²) in [6.45, 7) is 0.722. The molecule has 20 heavy (non-hydrogen) atoms. The number of nitrogens with zero attached hydrogens (tertiary/aromatic N) is 1. The predicted octanol–water partition coefficient (Wildman–Crippen LogP) is 0.348. The van der Waals surface area contributed by atoms with Crippen molar-refractivity contribution in [2.24, 2.45) is 0 Å². The Labute approximate surface area is 119 Å². The lowest BCUT2D eigenvalue weighted by atomic mass is 10.2. The summed E-state index contributed by atoms with van der Waals surface area (Å²) in [5.41, 5.74) is 0.672. The fourth-order valence-electron chi connectivity index (χ4n) is 1.38. The van der Waals surface area contributed by atoms with Crippen molar-refractivity contribution in [1.82, 2.24) is 15.6 Å². The highest BCUT2D eigenvalue weighted by molar-refractivity contribution is 7.84. The van der Waals surface area contributed by atoms with Gasteiger partial charge in [-0.05, 0) is 18.1 Å². The first-order valence-electron chi connectivity index (χ1n) is 5.99. The number of urea groups is 1. The highest BCUT2D eigenvalue weighted by Gasteiger charge is 2.04. The molecule has 0 saturated heterocycles. The fourth-order valence-corrected chi connectivity index (χ4v) is 1.93. The van der Waals surface area contributed by atoms with Crippen LogP contribution in [0.2, 0.25) is 0 Å². The molecule has 0 aliphatic heterocycles. The molecule has 1 atom stereocenters. The van der Waals surface area contributed by atoms with Gasteiger partial charge >= 0.3 is 12.0 Å². The number of carbonyl (C=O) groups is 2. The van der Waals surface area contributed by atoms with Gasteiger partial charge in [-0.1, -0.05) is 6.07 Å². The Kier molecular flexibility index (Phi) is 6.65. The molecule has 1 heterocycles. The van der Waals surface area contributed by atoms with Crippen LogP contribution in [-0.2, 0) is 17.3 Å². The summed E-state index contributed by atoms with van der Waals surface area (Å²) in [4.78, 5) is 25.8. The topological polar surface area (TPSA) is 108 Å².